The zero-order valence-corrected chi connectivity index (χ0v) is 18.7. The number of halogens is 2. The van der Waals surface area contributed by atoms with Gasteiger partial charge in [-0.3, -0.25) is 4.79 Å². The van der Waals surface area contributed by atoms with E-state index in [0.717, 1.165) is 24.8 Å². The summed E-state index contributed by atoms with van der Waals surface area (Å²) >= 11 is 12.3. The number of benzene rings is 2. The minimum absolute atomic E-state index is 0.0156. The van der Waals surface area contributed by atoms with E-state index in [1.807, 2.05) is 24.0 Å². The van der Waals surface area contributed by atoms with Crippen LogP contribution in [-0.4, -0.2) is 26.7 Å². The molecule has 1 amide bonds. The zero-order valence-electron chi connectivity index (χ0n) is 16.4. The standard InChI is InChI=1S/C21H21Cl2N3O3S/c1-13(14-6-8-15(22)9-7-14)24-21(27)16-11-19-18(12-17(16)23)26-10-4-2-3-5-20(26)25-30(19,28)29/h6-9,11-13H,2-5,10H2,1H3,(H,24,27). The maximum absolute atomic E-state index is 12.9. The van der Waals surface area contributed by atoms with Gasteiger partial charge in [0.15, 0.2) is 0 Å². The Hall–Kier alpha value is -2.09. The fraction of sp³-hybridized carbons (Fsp3) is 0.333. The molecule has 2 heterocycles. The third-order valence-electron chi connectivity index (χ3n) is 5.40. The van der Waals surface area contributed by atoms with E-state index in [1.165, 1.54) is 6.07 Å². The van der Waals surface area contributed by atoms with Crippen LogP contribution in [-0.2, 0) is 10.0 Å². The van der Waals surface area contributed by atoms with Gasteiger partial charge in [0.25, 0.3) is 15.9 Å². The number of amides is 1. The highest BCUT2D eigenvalue weighted by molar-refractivity contribution is 7.90. The summed E-state index contributed by atoms with van der Waals surface area (Å²) in [6.45, 7) is 2.51. The number of carbonyl (C=O) groups excluding carboxylic acids is 1. The summed E-state index contributed by atoms with van der Waals surface area (Å²) in [6.07, 6.45) is 3.47. The molecular formula is C21H21Cl2N3O3S. The molecule has 2 aliphatic rings. The molecule has 2 aromatic rings. The summed E-state index contributed by atoms with van der Waals surface area (Å²) in [7, 11) is -3.89. The van der Waals surface area contributed by atoms with Gasteiger partial charge in [-0.15, -0.1) is 4.40 Å². The summed E-state index contributed by atoms with van der Waals surface area (Å²) < 4.78 is 29.6. The first-order valence-electron chi connectivity index (χ1n) is 9.77. The van der Waals surface area contributed by atoms with Crippen molar-refractivity contribution >= 4 is 50.7 Å². The molecule has 1 fully saturated rings. The van der Waals surface area contributed by atoms with E-state index in [4.69, 9.17) is 23.2 Å². The molecule has 9 heteroatoms. The van der Waals surface area contributed by atoms with Crippen molar-refractivity contribution in [1.82, 2.24) is 5.32 Å². The van der Waals surface area contributed by atoms with E-state index in [9.17, 15) is 13.2 Å². The van der Waals surface area contributed by atoms with Crippen molar-refractivity contribution in [2.75, 3.05) is 11.4 Å². The van der Waals surface area contributed by atoms with Crippen LogP contribution in [0.4, 0.5) is 5.69 Å². The van der Waals surface area contributed by atoms with E-state index in [2.05, 4.69) is 9.71 Å². The van der Waals surface area contributed by atoms with Gasteiger partial charge in [-0.2, -0.15) is 8.42 Å². The summed E-state index contributed by atoms with van der Waals surface area (Å²) in [5.41, 5.74) is 1.47. The van der Waals surface area contributed by atoms with Crippen LogP contribution >= 0.6 is 23.2 Å². The van der Waals surface area contributed by atoms with Gasteiger partial charge in [0.1, 0.15) is 10.7 Å². The Morgan fingerprint density at radius 2 is 1.87 bits per heavy atom. The second kappa shape index (κ2) is 8.21. The third kappa shape index (κ3) is 4.06. The fourth-order valence-corrected chi connectivity index (χ4v) is 5.42. The van der Waals surface area contributed by atoms with Gasteiger partial charge in [-0.25, -0.2) is 0 Å². The lowest BCUT2D eigenvalue weighted by atomic mass is 10.1. The van der Waals surface area contributed by atoms with Gasteiger partial charge < -0.3 is 10.2 Å². The molecule has 0 aromatic heterocycles. The molecule has 1 N–H and O–H groups in total. The minimum Gasteiger partial charge on any atom is -0.345 e. The quantitative estimate of drug-likeness (QED) is 0.693. The van der Waals surface area contributed by atoms with Crippen molar-refractivity contribution in [3.8, 4) is 0 Å². The zero-order chi connectivity index (χ0) is 21.5. The Morgan fingerprint density at radius 1 is 1.13 bits per heavy atom. The average molecular weight is 466 g/mol. The Labute approximate surface area is 185 Å². The summed E-state index contributed by atoms with van der Waals surface area (Å²) in [5, 5.41) is 3.67. The summed E-state index contributed by atoms with van der Waals surface area (Å²) in [5.74, 6) is 0.0933. The number of carbonyl (C=O) groups is 1. The van der Waals surface area contributed by atoms with Gasteiger partial charge in [-0.1, -0.05) is 41.8 Å². The maximum atomic E-state index is 12.9. The van der Waals surface area contributed by atoms with Gasteiger partial charge in [0.05, 0.1) is 22.3 Å². The fourth-order valence-electron chi connectivity index (χ4n) is 3.78. The van der Waals surface area contributed by atoms with Crippen molar-refractivity contribution < 1.29 is 13.2 Å². The molecule has 30 heavy (non-hydrogen) atoms. The van der Waals surface area contributed by atoms with Crippen molar-refractivity contribution in [2.24, 2.45) is 4.40 Å². The number of rotatable bonds is 3. The van der Waals surface area contributed by atoms with E-state index in [1.54, 1.807) is 18.2 Å². The molecule has 2 aromatic carbocycles. The van der Waals surface area contributed by atoms with Gasteiger partial charge in [-0.05, 0) is 49.6 Å². The lowest BCUT2D eigenvalue weighted by Crippen LogP contribution is -2.35. The average Bonchev–Trinajstić information content (AvgIpc) is 2.92. The lowest BCUT2D eigenvalue weighted by molar-refractivity contribution is 0.0940. The SMILES string of the molecule is CC(NC(=O)c1cc2c(cc1Cl)N1CCCCCC1=NS2(=O)=O)c1ccc(Cl)cc1. The Kier molecular flexibility index (Phi) is 5.79. The first kappa shape index (κ1) is 21.2. The van der Waals surface area contributed by atoms with Crippen LogP contribution in [0, 0.1) is 0 Å². The van der Waals surface area contributed by atoms with Crippen LogP contribution in [0.25, 0.3) is 0 Å². The lowest BCUT2D eigenvalue weighted by Gasteiger charge is -2.30. The Balaban J connectivity index is 1.67. The largest absolute Gasteiger partial charge is 0.345 e. The van der Waals surface area contributed by atoms with E-state index in [-0.39, 0.29) is 21.5 Å². The highest BCUT2D eigenvalue weighted by Crippen LogP contribution is 2.38. The van der Waals surface area contributed by atoms with Crippen LogP contribution in [0.3, 0.4) is 0 Å². The van der Waals surface area contributed by atoms with E-state index in [0.29, 0.717) is 29.5 Å². The molecule has 0 radical (unpaired) electrons. The number of sulfonamides is 1. The molecule has 4 rings (SSSR count). The van der Waals surface area contributed by atoms with Crippen molar-refractivity contribution in [3.05, 3.63) is 57.6 Å². The number of hydrogen-bond acceptors (Lipinski definition) is 4. The van der Waals surface area contributed by atoms with Crippen LogP contribution in [0.1, 0.15) is 54.6 Å². The Bertz CT molecular complexity index is 1130. The number of anilines is 1. The molecule has 6 nitrogen and oxygen atoms in total. The van der Waals surface area contributed by atoms with Crippen molar-refractivity contribution in [1.29, 1.82) is 0 Å². The molecule has 0 saturated carbocycles. The molecular weight excluding hydrogens is 445 g/mol. The van der Waals surface area contributed by atoms with Crippen LogP contribution in [0.2, 0.25) is 10.0 Å². The van der Waals surface area contributed by atoms with Crippen molar-refractivity contribution in [2.45, 2.75) is 43.5 Å². The number of nitrogens with one attached hydrogen (secondary N) is 1. The molecule has 0 aliphatic carbocycles. The predicted molar refractivity (Wildman–Crippen MR) is 119 cm³/mol. The highest BCUT2D eigenvalue weighted by Gasteiger charge is 2.33. The first-order valence-corrected chi connectivity index (χ1v) is 12.0. The molecule has 2 aliphatic heterocycles. The minimum atomic E-state index is -3.89. The second-order valence-corrected chi connectivity index (χ2v) is 9.91. The van der Waals surface area contributed by atoms with Crippen LogP contribution < -0.4 is 10.2 Å². The third-order valence-corrected chi connectivity index (χ3v) is 7.30. The maximum Gasteiger partial charge on any atom is 0.286 e. The van der Waals surface area contributed by atoms with Crippen LogP contribution in [0.15, 0.2) is 45.7 Å². The van der Waals surface area contributed by atoms with Gasteiger partial charge >= 0.3 is 0 Å². The molecule has 1 atom stereocenters. The highest BCUT2D eigenvalue weighted by atomic mass is 35.5. The number of fused-ring (bicyclic) bond motifs is 3. The molecule has 0 bridgehead atoms. The normalized spacial score (nSPS) is 18.5. The molecule has 1 saturated heterocycles. The molecule has 1 unspecified atom stereocenters. The number of amidine groups is 1. The number of nitrogens with zero attached hydrogens (tertiary/aromatic N) is 2. The predicted octanol–water partition coefficient (Wildman–Crippen LogP) is 4.97. The smallest absolute Gasteiger partial charge is 0.286 e. The first-order chi connectivity index (χ1) is 14.3. The summed E-state index contributed by atoms with van der Waals surface area (Å²) in [6, 6.07) is 9.72. The molecule has 158 valence electrons. The topological polar surface area (TPSA) is 78.8 Å². The van der Waals surface area contributed by atoms with Gasteiger partial charge in [0, 0.05) is 18.0 Å². The number of hydrogen-bond donors (Lipinski definition) is 1. The molecule has 0 spiro atoms. The van der Waals surface area contributed by atoms with E-state index >= 15 is 0 Å². The van der Waals surface area contributed by atoms with Crippen molar-refractivity contribution in [3.63, 3.8) is 0 Å². The monoisotopic (exact) mass is 465 g/mol. The van der Waals surface area contributed by atoms with Gasteiger partial charge in [0.2, 0.25) is 0 Å². The second-order valence-electron chi connectivity index (χ2n) is 7.49. The Morgan fingerprint density at radius 3 is 2.60 bits per heavy atom. The summed E-state index contributed by atoms with van der Waals surface area (Å²) in [4.78, 5) is 14.8. The van der Waals surface area contributed by atoms with Crippen LogP contribution in [0.5, 0.6) is 0 Å². The van der Waals surface area contributed by atoms with E-state index < -0.39 is 15.9 Å².